The average molecular weight is 440 g/mol. The predicted molar refractivity (Wildman–Crippen MR) is 105 cm³/mol. The molecule has 2 heterocycles. The van der Waals surface area contributed by atoms with Crippen LogP contribution in [0.5, 0.6) is 0 Å². The second-order valence-electron chi connectivity index (χ2n) is 5.94. The normalized spacial score (nSPS) is 22.7. The number of hydrogen-bond donors (Lipinski definition) is 2. The standard InChI is InChI=1S/C16H32N4O2.HI/c1-2-17-16(19-14-15-6-5-11-22-15)18-7-3-4-8-20-9-12-21-13-10-20;/h15H,2-14H2,1H3,(H2,17,18,19);1H. The zero-order valence-corrected chi connectivity index (χ0v) is 16.7. The number of hydrogen-bond acceptors (Lipinski definition) is 4. The molecule has 1 unspecified atom stereocenters. The molecule has 2 aliphatic heterocycles. The fourth-order valence-corrected chi connectivity index (χ4v) is 2.82. The minimum atomic E-state index is 0. The van der Waals surface area contributed by atoms with Gasteiger partial charge in [-0.2, -0.15) is 0 Å². The zero-order valence-electron chi connectivity index (χ0n) is 14.4. The Morgan fingerprint density at radius 1 is 1.17 bits per heavy atom. The number of aliphatic imine (C=N–C) groups is 1. The van der Waals surface area contributed by atoms with Crippen LogP contribution in [0.15, 0.2) is 4.99 Å². The van der Waals surface area contributed by atoms with Crippen molar-refractivity contribution in [2.24, 2.45) is 4.99 Å². The molecule has 0 amide bonds. The van der Waals surface area contributed by atoms with E-state index in [0.717, 1.165) is 64.9 Å². The van der Waals surface area contributed by atoms with E-state index < -0.39 is 0 Å². The monoisotopic (exact) mass is 440 g/mol. The second kappa shape index (κ2) is 13.2. The van der Waals surface area contributed by atoms with Gasteiger partial charge in [-0.25, -0.2) is 0 Å². The number of unbranched alkanes of at least 4 members (excludes halogenated alkanes) is 1. The van der Waals surface area contributed by atoms with E-state index in [1.165, 1.54) is 25.8 Å². The first-order valence-electron chi connectivity index (χ1n) is 8.82. The van der Waals surface area contributed by atoms with Crippen molar-refractivity contribution < 1.29 is 9.47 Å². The van der Waals surface area contributed by atoms with Gasteiger partial charge in [-0.15, -0.1) is 24.0 Å². The van der Waals surface area contributed by atoms with Gasteiger partial charge in [-0.3, -0.25) is 9.89 Å². The van der Waals surface area contributed by atoms with E-state index in [-0.39, 0.29) is 24.0 Å². The maximum atomic E-state index is 5.61. The van der Waals surface area contributed by atoms with Crippen LogP contribution in [-0.4, -0.2) is 76.1 Å². The molecule has 0 aromatic rings. The van der Waals surface area contributed by atoms with Crippen molar-refractivity contribution in [2.75, 3.05) is 59.1 Å². The molecule has 0 aromatic heterocycles. The van der Waals surface area contributed by atoms with E-state index in [9.17, 15) is 0 Å². The van der Waals surface area contributed by atoms with Crippen molar-refractivity contribution >= 4 is 29.9 Å². The molecule has 0 spiro atoms. The Morgan fingerprint density at radius 2 is 2.00 bits per heavy atom. The summed E-state index contributed by atoms with van der Waals surface area (Å²) in [7, 11) is 0. The third-order valence-electron chi connectivity index (χ3n) is 4.12. The molecule has 0 aliphatic carbocycles. The van der Waals surface area contributed by atoms with Gasteiger partial charge in [0, 0.05) is 32.8 Å². The van der Waals surface area contributed by atoms with Crippen molar-refractivity contribution in [3.8, 4) is 0 Å². The highest BCUT2D eigenvalue weighted by atomic mass is 127. The van der Waals surface area contributed by atoms with Crippen LogP contribution >= 0.6 is 24.0 Å². The number of morpholine rings is 1. The van der Waals surface area contributed by atoms with Crippen molar-refractivity contribution in [1.29, 1.82) is 0 Å². The Morgan fingerprint density at radius 3 is 2.70 bits per heavy atom. The van der Waals surface area contributed by atoms with Crippen molar-refractivity contribution in [3.05, 3.63) is 0 Å². The molecule has 2 saturated heterocycles. The number of nitrogens with one attached hydrogen (secondary N) is 2. The first-order valence-corrected chi connectivity index (χ1v) is 8.82. The minimum absolute atomic E-state index is 0. The van der Waals surface area contributed by atoms with Gasteiger partial charge >= 0.3 is 0 Å². The van der Waals surface area contributed by atoms with E-state index >= 15 is 0 Å². The summed E-state index contributed by atoms with van der Waals surface area (Å²) in [6.07, 6.45) is 5.02. The number of nitrogens with zero attached hydrogens (tertiary/aromatic N) is 2. The highest BCUT2D eigenvalue weighted by molar-refractivity contribution is 14.0. The molecule has 0 radical (unpaired) electrons. The summed E-state index contributed by atoms with van der Waals surface area (Å²) >= 11 is 0. The van der Waals surface area contributed by atoms with Gasteiger partial charge in [0.2, 0.25) is 0 Å². The third kappa shape index (κ3) is 9.07. The lowest BCUT2D eigenvalue weighted by Crippen LogP contribution is -2.39. The quantitative estimate of drug-likeness (QED) is 0.259. The highest BCUT2D eigenvalue weighted by Crippen LogP contribution is 2.11. The fourth-order valence-electron chi connectivity index (χ4n) is 2.82. The zero-order chi connectivity index (χ0) is 15.5. The molecule has 1 atom stereocenters. The Kier molecular flexibility index (Phi) is 12.0. The summed E-state index contributed by atoms with van der Waals surface area (Å²) in [4.78, 5) is 7.11. The highest BCUT2D eigenvalue weighted by Gasteiger charge is 2.14. The molecular formula is C16H33IN4O2. The maximum absolute atomic E-state index is 5.61. The average Bonchev–Trinajstić information content (AvgIpc) is 3.06. The lowest BCUT2D eigenvalue weighted by atomic mass is 10.2. The largest absolute Gasteiger partial charge is 0.379 e. The number of ether oxygens (including phenoxy) is 2. The van der Waals surface area contributed by atoms with Crippen molar-refractivity contribution in [2.45, 2.75) is 38.7 Å². The molecular weight excluding hydrogens is 407 g/mol. The van der Waals surface area contributed by atoms with E-state index in [0.29, 0.717) is 6.10 Å². The summed E-state index contributed by atoms with van der Waals surface area (Å²) in [5.74, 6) is 0.921. The molecule has 2 fully saturated rings. The van der Waals surface area contributed by atoms with Gasteiger partial charge < -0.3 is 20.1 Å². The van der Waals surface area contributed by atoms with Crippen molar-refractivity contribution in [1.82, 2.24) is 15.5 Å². The molecule has 7 heteroatoms. The van der Waals surface area contributed by atoms with Gasteiger partial charge in [0.1, 0.15) is 0 Å². The van der Waals surface area contributed by atoms with Crippen molar-refractivity contribution in [3.63, 3.8) is 0 Å². The Hall–Kier alpha value is -0.120. The van der Waals surface area contributed by atoms with Gasteiger partial charge in [0.25, 0.3) is 0 Å². The summed E-state index contributed by atoms with van der Waals surface area (Å²) in [6.45, 7) is 10.7. The van der Waals surface area contributed by atoms with Crippen LogP contribution in [0.1, 0.15) is 32.6 Å². The minimum Gasteiger partial charge on any atom is -0.379 e. The molecule has 2 N–H and O–H groups in total. The van der Waals surface area contributed by atoms with Crippen LogP contribution in [0.2, 0.25) is 0 Å². The first kappa shape index (κ1) is 20.9. The Bertz CT molecular complexity index is 319. The molecule has 6 nitrogen and oxygen atoms in total. The smallest absolute Gasteiger partial charge is 0.191 e. The van der Waals surface area contributed by atoms with E-state index in [1.54, 1.807) is 0 Å². The van der Waals surface area contributed by atoms with Gasteiger partial charge in [-0.05, 0) is 39.2 Å². The third-order valence-corrected chi connectivity index (χ3v) is 4.12. The summed E-state index contributed by atoms with van der Waals surface area (Å²) < 4.78 is 11.0. The van der Waals surface area contributed by atoms with E-state index in [2.05, 4.69) is 27.4 Å². The van der Waals surface area contributed by atoms with Crippen LogP contribution in [0.4, 0.5) is 0 Å². The lowest BCUT2D eigenvalue weighted by Gasteiger charge is -2.26. The Balaban J connectivity index is 0.00000264. The lowest BCUT2D eigenvalue weighted by molar-refractivity contribution is 0.0372. The fraction of sp³-hybridized carbons (Fsp3) is 0.938. The summed E-state index contributed by atoms with van der Waals surface area (Å²) in [6, 6.07) is 0. The summed E-state index contributed by atoms with van der Waals surface area (Å²) in [5, 5.41) is 6.73. The van der Waals surface area contributed by atoms with Crippen LogP contribution in [0.25, 0.3) is 0 Å². The topological polar surface area (TPSA) is 58.1 Å². The van der Waals surface area contributed by atoms with Gasteiger partial charge in [-0.1, -0.05) is 0 Å². The predicted octanol–water partition coefficient (Wildman–Crippen LogP) is 1.45. The number of guanidine groups is 1. The van der Waals surface area contributed by atoms with Gasteiger partial charge in [0.15, 0.2) is 5.96 Å². The summed E-state index contributed by atoms with van der Waals surface area (Å²) in [5.41, 5.74) is 0. The number of rotatable bonds is 8. The van der Waals surface area contributed by atoms with Gasteiger partial charge in [0.05, 0.1) is 25.9 Å². The molecule has 136 valence electrons. The van der Waals surface area contributed by atoms with Crippen LogP contribution < -0.4 is 10.6 Å². The molecule has 0 bridgehead atoms. The van der Waals surface area contributed by atoms with Crippen LogP contribution in [0, 0.1) is 0 Å². The molecule has 2 rings (SSSR count). The van der Waals surface area contributed by atoms with Crippen LogP contribution in [0.3, 0.4) is 0 Å². The second-order valence-corrected chi connectivity index (χ2v) is 5.94. The van der Waals surface area contributed by atoms with Crippen LogP contribution in [-0.2, 0) is 9.47 Å². The van der Waals surface area contributed by atoms with E-state index in [4.69, 9.17) is 9.47 Å². The Labute approximate surface area is 157 Å². The first-order chi connectivity index (χ1) is 10.9. The molecule has 2 aliphatic rings. The molecule has 23 heavy (non-hydrogen) atoms. The van der Waals surface area contributed by atoms with E-state index in [1.807, 2.05) is 0 Å². The molecule has 0 aromatic carbocycles. The number of halogens is 1. The molecule has 0 saturated carbocycles. The SMILES string of the molecule is CCNC(=NCC1CCCO1)NCCCCN1CCOCC1.I. The maximum Gasteiger partial charge on any atom is 0.191 e.